The summed E-state index contributed by atoms with van der Waals surface area (Å²) in [7, 11) is 0. The zero-order valence-corrected chi connectivity index (χ0v) is 20.6. The minimum atomic E-state index is 0. The van der Waals surface area contributed by atoms with E-state index in [0.717, 1.165) is 30.0 Å². The summed E-state index contributed by atoms with van der Waals surface area (Å²) in [6, 6.07) is 0. The van der Waals surface area contributed by atoms with Crippen molar-refractivity contribution in [1.82, 2.24) is 20.5 Å². The molecular weight excluding hydrogens is 469 g/mol. The third kappa shape index (κ3) is 9.56. The fourth-order valence-electron chi connectivity index (χ4n) is 3.31. The quantitative estimate of drug-likeness (QED) is 0.225. The van der Waals surface area contributed by atoms with Crippen LogP contribution in [0.5, 0.6) is 0 Å². The highest BCUT2D eigenvalue weighted by Gasteiger charge is 2.15. The number of halogens is 1. The molecule has 0 radical (unpaired) electrons. The third-order valence-electron chi connectivity index (χ3n) is 4.81. The first-order valence-electron chi connectivity index (χ1n) is 10.3. The van der Waals surface area contributed by atoms with Gasteiger partial charge in [-0.2, -0.15) is 0 Å². The molecule has 1 saturated heterocycles. The Kier molecular flexibility index (Phi) is 12.5. The van der Waals surface area contributed by atoms with E-state index in [2.05, 4.69) is 58.6 Å². The van der Waals surface area contributed by atoms with Crippen molar-refractivity contribution in [3.63, 3.8) is 0 Å². The topological polar surface area (TPSA) is 52.6 Å². The molecule has 0 aliphatic carbocycles. The van der Waals surface area contributed by atoms with Gasteiger partial charge in [0.15, 0.2) is 5.96 Å². The van der Waals surface area contributed by atoms with E-state index in [9.17, 15) is 0 Å². The average Bonchev–Trinajstić information content (AvgIpc) is 3.08. The van der Waals surface area contributed by atoms with Gasteiger partial charge in [0.25, 0.3) is 0 Å². The summed E-state index contributed by atoms with van der Waals surface area (Å²) < 4.78 is 0. The number of piperidine rings is 1. The van der Waals surface area contributed by atoms with Gasteiger partial charge in [-0.3, -0.25) is 0 Å². The van der Waals surface area contributed by atoms with Gasteiger partial charge < -0.3 is 15.5 Å². The monoisotopic (exact) mass is 507 g/mol. The minimum absolute atomic E-state index is 0. The normalized spacial score (nSPS) is 18.4. The molecule has 7 heteroatoms. The lowest BCUT2D eigenvalue weighted by Crippen LogP contribution is -2.38. The van der Waals surface area contributed by atoms with Gasteiger partial charge >= 0.3 is 0 Å². The highest BCUT2D eigenvalue weighted by atomic mass is 127. The summed E-state index contributed by atoms with van der Waals surface area (Å²) >= 11 is 1.71. The summed E-state index contributed by atoms with van der Waals surface area (Å²) in [4.78, 5) is 12.0. The minimum Gasteiger partial charge on any atom is -0.357 e. The van der Waals surface area contributed by atoms with Gasteiger partial charge in [0, 0.05) is 25.0 Å². The fraction of sp³-hybridized carbons (Fsp3) is 0.800. The van der Waals surface area contributed by atoms with Gasteiger partial charge in [-0.05, 0) is 57.5 Å². The predicted octanol–water partition coefficient (Wildman–Crippen LogP) is 4.45. The van der Waals surface area contributed by atoms with Gasteiger partial charge in [0.05, 0.1) is 12.2 Å². The van der Waals surface area contributed by atoms with E-state index < -0.39 is 0 Å². The van der Waals surface area contributed by atoms with Crippen LogP contribution in [0.15, 0.2) is 10.4 Å². The van der Waals surface area contributed by atoms with Crippen LogP contribution >= 0.6 is 35.3 Å². The number of hydrogen-bond acceptors (Lipinski definition) is 4. The second kappa shape index (κ2) is 13.7. The largest absolute Gasteiger partial charge is 0.357 e. The Bertz CT molecular complexity index is 546. The number of nitrogens with zero attached hydrogens (tertiary/aromatic N) is 3. The number of guanidine groups is 1. The van der Waals surface area contributed by atoms with E-state index in [1.165, 1.54) is 51.0 Å². The number of aromatic nitrogens is 1. The molecule has 2 N–H and O–H groups in total. The maximum absolute atomic E-state index is 4.69. The molecule has 1 fully saturated rings. The Morgan fingerprint density at radius 2 is 2.19 bits per heavy atom. The molecule has 1 unspecified atom stereocenters. The number of nitrogens with one attached hydrogen (secondary N) is 2. The van der Waals surface area contributed by atoms with Crippen LogP contribution in [0.25, 0.3) is 0 Å². The number of unbranched alkanes of at least 4 members (excludes halogenated alkanes) is 1. The summed E-state index contributed by atoms with van der Waals surface area (Å²) in [6.45, 7) is 15.1. The van der Waals surface area contributed by atoms with Crippen molar-refractivity contribution in [3.8, 4) is 0 Å². The fourth-order valence-corrected chi connectivity index (χ4v) is 4.19. The molecule has 2 heterocycles. The Labute approximate surface area is 186 Å². The Morgan fingerprint density at radius 1 is 1.37 bits per heavy atom. The smallest absolute Gasteiger partial charge is 0.191 e. The van der Waals surface area contributed by atoms with Gasteiger partial charge in [-0.1, -0.05) is 20.8 Å². The van der Waals surface area contributed by atoms with E-state index in [1.807, 2.05) is 0 Å². The highest BCUT2D eigenvalue weighted by Crippen LogP contribution is 2.18. The predicted molar refractivity (Wildman–Crippen MR) is 129 cm³/mol. The van der Waals surface area contributed by atoms with Crippen molar-refractivity contribution in [2.24, 2.45) is 10.9 Å². The second-order valence-corrected chi connectivity index (χ2v) is 8.64. The standard InChI is InChI=1S/C20H37N5S.HI/c1-5-21-20(23-13-19-24-18(15-26-19)16(2)3)22-10-6-7-11-25-12-8-9-17(4)14-25;/h15-17H,5-14H2,1-4H3,(H2,21,22,23);1H. The second-order valence-electron chi connectivity index (χ2n) is 7.70. The molecule has 0 aromatic carbocycles. The Morgan fingerprint density at radius 3 is 2.85 bits per heavy atom. The zero-order chi connectivity index (χ0) is 18.8. The van der Waals surface area contributed by atoms with Gasteiger partial charge in [0.1, 0.15) is 5.01 Å². The van der Waals surface area contributed by atoms with E-state index >= 15 is 0 Å². The van der Waals surface area contributed by atoms with Crippen LogP contribution in [0.2, 0.25) is 0 Å². The first kappa shape index (κ1) is 24.6. The molecule has 1 aromatic heterocycles. The summed E-state index contributed by atoms with van der Waals surface area (Å²) in [5.41, 5.74) is 1.17. The molecule has 1 atom stereocenters. The van der Waals surface area contributed by atoms with Crippen LogP contribution in [-0.4, -0.2) is 48.6 Å². The molecule has 1 aliphatic rings. The first-order chi connectivity index (χ1) is 12.6. The van der Waals surface area contributed by atoms with Crippen molar-refractivity contribution in [1.29, 1.82) is 0 Å². The van der Waals surface area contributed by atoms with Crippen molar-refractivity contribution >= 4 is 41.3 Å². The van der Waals surface area contributed by atoms with Crippen LogP contribution in [0.1, 0.15) is 70.0 Å². The van der Waals surface area contributed by atoms with Crippen molar-refractivity contribution in [3.05, 3.63) is 16.1 Å². The maximum atomic E-state index is 4.69. The SMILES string of the molecule is CCNC(=NCc1nc(C(C)C)cs1)NCCCCN1CCCC(C)C1.I. The Hall–Kier alpha value is -0.410. The summed E-state index contributed by atoms with van der Waals surface area (Å²) in [5.74, 6) is 2.26. The molecular formula is C20H38IN5S. The molecule has 0 amide bonds. The van der Waals surface area contributed by atoms with E-state index in [1.54, 1.807) is 11.3 Å². The summed E-state index contributed by atoms with van der Waals surface area (Å²) in [5, 5.41) is 10.0. The molecule has 1 aliphatic heterocycles. The van der Waals surface area contributed by atoms with Crippen molar-refractivity contribution in [2.45, 2.75) is 65.8 Å². The number of thiazole rings is 1. The molecule has 0 bridgehead atoms. The van der Waals surface area contributed by atoms with Crippen molar-refractivity contribution < 1.29 is 0 Å². The first-order valence-corrected chi connectivity index (χ1v) is 11.1. The maximum Gasteiger partial charge on any atom is 0.191 e. The Balaban J connectivity index is 0.00000364. The highest BCUT2D eigenvalue weighted by molar-refractivity contribution is 14.0. The molecule has 0 spiro atoms. The lowest BCUT2D eigenvalue weighted by molar-refractivity contribution is 0.181. The van der Waals surface area contributed by atoms with Crippen molar-refractivity contribution in [2.75, 3.05) is 32.7 Å². The van der Waals surface area contributed by atoms with E-state index in [4.69, 9.17) is 0 Å². The summed E-state index contributed by atoms with van der Waals surface area (Å²) in [6.07, 6.45) is 5.21. The van der Waals surface area contributed by atoms with Gasteiger partial charge in [0.2, 0.25) is 0 Å². The van der Waals surface area contributed by atoms with Crippen LogP contribution in [-0.2, 0) is 6.54 Å². The van der Waals surface area contributed by atoms with E-state index in [-0.39, 0.29) is 24.0 Å². The number of aliphatic imine (C=N–C) groups is 1. The van der Waals surface area contributed by atoms with Crippen LogP contribution in [0, 0.1) is 5.92 Å². The van der Waals surface area contributed by atoms with Crippen LogP contribution in [0.3, 0.4) is 0 Å². The lowest BCUT2D eigenvalue weighted by atomic mass is 10.0. The molecule has 5 nitrogen and oxygen atoms in total. The van der Waals surface area contributed by atoms with Gasteiger partial charge in [-0.15, -0.1) is 35.3 Å². The average molecular weight is 508 g/mol. The molecule has 27 heavy (non-hydrogen) atoms. The zero-order valence-electron chi connectivity index (χ0n) is 17.5. The molecule has 156 valence electrons. The molecule has 2 rings (SSSR count). The third-order valence-corrected chi connectivity index (χ3v) is 5.66. The number of likely N-dealkylation sites (tertiary alicyclic amines) is 1. The van der Waals surface area contributed by atoms with Gasteiger partial charge in [-0.25, -0.2) is 9.98 Å². The molecule has 1 aromatic rings. The molecule has 0 saturated carbocycles. The lowest BCUT2D eigenvalue weighted by Gasteiger charge is -2.30. The van der Waals surface area contributed by atoms with Crippen LogP contribution in [0.4, 0.5) is 0 Å². The van der Waals surface area contributed by atoms with E-state index in [0.29, 0.717) is 12.5 Å². The number of hydrogen-bond donors (Lipinski definition) is 2. The van der Waals surface area contributed by atoms with Crippen LogP contribution < -0.4 is 10.6 Å². The number of rotatable bonds is 9.